The van der Waals surface area contributed by atoms with Crippen LogP contribution in [0.15, 0.2) is 16.9 Å². The van der Waals surface area contributed by atoms with Gasteiger partial charge in [0.15, 0.2) is 6.79 Å². The van der Waals surface area contributed by atoms with E-state index in [1.54, 1.807) is 7.11 Å². The highest BCUT2D eigenvalue weighted by molar-refractivity contribution is 5.90. The van der Waals surface area contributed by atoms with Crippen LogP contribution >= 0.6 is 0 Å². The maximum absolute atomic E-state index is 12.7. The zero-order valence-electron chi connectivity index (χ0n) is 14.4. The number of unbranched alkanes of at least 4 members (excludes halogenated alkanes) is 2. The molecule has 0 saturated carbocycles. The Morgan fingerprint density at radius 1 is 1.33 bits per heavy atom. The molecule has 0 spiro atoms. The molecule has 0 fully saturated rings. The second-order valence-corrected chi connectivity index (χ2v) is 6.42. The molecule has 0 aliphatic heterocycles. The van der Waals surface area contributed by atoms with Gasteiger partial charge in [0.1, 0.15) is 5.75 Å². The molecule has 5 nitrogen and oxygen atoms in total. The molecule has 2 aromatic rings. The Balaban J connectivity index is 2.11. The van der Waals surface area contributed by atoms with Gasteiger partial charge in [0, 0.05) is 18.4 Å². The molecule has 0 radical (unpaired) electrons. The number of fused-ring (bicyclic) bond motifs is 2. The number of aliphatic hydroxyl groups excluding tert-OH is 1. The summed E-state index contributed by atoms with van der Waals surface area (Å²) in [4.78, 5) is 15.6. The quantitative estimate of drug-likeness (QED) is 0.603. The van der Waals surface area contributed by atoms with Gasteiger partial charge in [0.25, 0.3) is 5.56 Å². The second-order valence-electron chi connectivity index (χ2n) is 6.42. The topological polar surface area (TPSA) is 71.5 Å². The predicted octanol–water partition coefficient (Wildman–Crippen LogP) is 3.22. The molecule has 3 rings (SSSR count). The van der Waals surface area contributed by atoms with Crippen molar-refractivity contribution in [2.24, 2.45) is 0 Å². The Bertz CT molecular complexity index is 781. The lowest BCUT2D eigenvalue weighted by molar-refractivity contribution is 0.0515. The van der Waals surface area contributed by atoms with Gasteiger partial charge in [-0.05, 0) is 48.8 Å². The summed E-state index contributed by atoms with van der Waals surface area (Å²) in [5.41, 5.74) is 2.61. The van der Waals surface area contributed by atoms with Crippen molar-refractivity contribution in [2.45, 2.75) is 51.6 Å². The molecule has 1 aromatic heterocycles. The average molecular weight is 331 g/mol. The van der Waals surface area contributed by atoms with Crippen LogP contribution in [0.3, 0.4) is 0 Å². The van der Waals surface area contributed by atoms with Crippen LogP contribution in [0, 0.1) is 0 Å². The maximum Gasteiger partial charge on any atom is 0.259 e. The van der Waals surface area contributed by atoms with E-state index in [0.717, 1.165) is 47.9 Å². The molecule has 1 heterocycles. The van der Waals surface area contributed by atoms with Gasteiger partial charge >= 0.3 is 0 Å². The van der Waals surface area contributed by atoms with E-state index in [1.807, 2.05) is 12.1 Å². The largest absolute Gasteiger partial charge is 0.466 e. The van der Waals surface area contributed by atoms with Crippen molar-refractivity contribution in [1.82, 2.24) is 4.98 Å². The number of rotatable bonds is 7. The van der Waals surface area contributed by atoms with E-state index >= 15 is 0 Å². The monoisotopic (exact) mass is 331 g/mol. The molecule has 0 saturated heterocycles. The fourth-order valence-electron chi connectivity index (χ4n) is 3.49. The zero-order valence-corrected chi connectivity index (χ0v) is 14.4. The molecule has 0 amide bonds. The first-order chi connectivity index (χ1) is 11.7. The molecule has 0 bridgehead atoms. The first kappa shape index (κ1) is 17.0. The van der Waals surface area contributed by atoms with Crippen LogP contribution in [0.5, 0.6) is 5.75 Å². The highest BCUT2D eigenvalue weighted by Gasteiger charge is 2.27. The molecule has 1 atom stereocenters. The molecular weight excluding hydrogens is 306 g/mol. The van der Waals surface area contributed by atoms with Crippen molar-refractivity contribution in [2.75, 3.05) is 13.9 Å². The lowest BCUT2D eigenvalue weighted by atomic mass is 10.0. The van der Waals surface area contributed by atoms with Gasteiger partial charge in [0.05, 0.1) is 11.5 Å². The molecule has 1 aromatic carbocycles. The average Bonchev–Trinajstić information content (AvgIpc) is 2.93. The number of H-pyrrole nitrogens is 1. The molecule has 2 N–H and O–H groups in total. The molecule has 1 aliphatic rings. The van der Waals surface area contributed by atoms with Crippen LogP contribution < -0.4 is 10.3 Å². The summed E-state index contributed by atoms with van der Waals surface area (Å²) >= 11 is 0. The highest BCUT2D eigenvalue weighted by Crippen LogP contribution is 2.41. The number of pyridine rings is 1. The number of nitrogens with one attached hydrogen (secondary N) is 1. The van der Waals surface area contributed by atoms with Crippen LogP contribution in [-0.4, -0.2) is 24.0 Å². The first-order valence-corrected chi connectivity index (χ1v) is 8.67. The first-order valence-electron chi connectivity index (χ1n) is 8.67. The fraction of sp³-hybridized carbons (Fsp3) is 0.526. The third-order valence-electron chi connectivity index (χ3n) is 4.68. The van der Waals surface area contributed by atoms with E-state index in [9.17, 15) is 9.90 Å². The summed E-state index contributed by atoms with van der Waals surface area (Å²) in [6, 6.07) is 3.96. The summed E-state index contributed by atoms with van der Waals surface area (Å²) in [6.07, 6.45) is 5.08. The van der Waals surface area contributed by atoms with Crippen LogP contribution in [0.4, 0.5) is 0 Å². The summed E-state index contributed by atoms with van der Waals surface area (Å²) in [5, 5.41) is 11.6. The summed E-state index contributed by atoms with van der Waals surface area (Å²) in [5.74, 6) is 0.558. The number of aliphatic hydroxyl groups is 1. The lowest BCUT2D eigenvalue weighted by Gasteiger charge is -2.15. The van der Waals surface area contributed by atoms with Crippen molar-refractivity contribution < 1.29 is 14.6 Å². The number of aromatic nitrogens is 1. The van der Waals surface area contributed by atoms with E-state index in [0.29, 0.717) is 24.0 Å². The molecule has 24 heavy (non-hydrogen) atoms. The minimum absolute atomic E-state index is 0.0827. The standard InChI is InChI=1S/C19H25NO4/c1-3-4-5-6-13-9-12-10-15-14(7-8-16(15)21)18(24-11-23-2)17(12)19(22)20-13/h9-10,16,21H,3-8,11H2,1-2H3,(H,20,22). The number of aromatic amines is 1. The molecule has 130 valence electrons. The molecule has 1 aliphatic carbocycles. The highest BCUT2D eigenvalue weighted by atomic mass is 16.7. The third kappa shape index (κ3) is 3.19. The Labute approximate surface area is 141 Å². The zero-order chi connectivity index (χ0) is 17.1. The van der Waals surface area contributed by atoms with Gasteiger partial charge in [-0.3, -0.25) is 4.79 Å². The second kappa shape index (κ2) is 7.36. The van der Waals surface area contributed by atoms with Crippen LogP contribution in [0.1, 0.15) is 55.5 Å². The number of methoxy groups -OCH3 is 1. The van der Waals surface area contributed by atoms with Crippen molar-refractivity contribution in [1.29, 1.82) is 0 Å². The Morgan fingerprint density at radius 2 is 2.17 bits per heavy atom. The molecule has 5 heteroatoms. The van der Waals surface area contributed by atoms with Crippen LogP contribution in [-0.2, 0) is 17.6 Å². The van der Waals surface area contributed by atoms with E-state index < -0.39 is 6.10 Å². The Hall–Kier alpha value is -1.85. The minimum Gasteiger partial charge on any atom is -0.466 e. The number of hydrogen-bond donors (Lipinski definition) is 2. The van der Waals surface area contributed by atoms with E-state index in [-0.39, 0.29) is 12.4 Å². The predicted molar refractivity (Wildman–Crippen MR) is 93.6 cm³/mol. The Kier molecular flexibility index (Phi) is 5.21. The van der Waals surface area contributed by atoms with E-state index in [1.165, 1.54) is 0 Å². The van der Waals surface area contributed by atoms with Crippen molar-refractivity contribution >= 4 is 10.8 Å². The molecular formula is C19H25NO4. The van der Waals surface area contributed by atoms with Gasteiger partial charge in [-0.1, -0.05) is 19.8 Å². The van der Waals surface area contributed by atoms with Crippen molar-refractivity contribution in [3.8, 4) is 5.75 Å². The fourth-order valence-corrected chi connectivity index (χ4v) is 3.49. The molecule has 1 unspecified atom stereocenters. The third-order valence-corrected chi connectivity index (χ3v) is 4.68. The number of benzene rings is 1. The van der Waals surface area contributed by atoms with Crippen LogP contribution in [0.25, 0.3) is 10.8 Å². The number of aryl methyl sites for hydroxylation is 1. The van der Waals surface area contributed by atoms with Gasteiger partial charge in [0.2, 0.25) is 0 Å². The maximum atomic E-state index is 12.7. The SMILES string of the molecule is CCCCCc1cc2cc3c(c(OCOC)c2c(=O)[nH]1)CCC3O. The minimum atomic E-state index is -0.489. The number of hydrogen-bond acceptors (Lipinski definition) is 4. The summed E-state index contributed by atoms with van der Waals surface area (Å²) in [7, 11) is 1.55. The lowest BCUT2D eigenvalue weighted by Crippen LogP contribution is -2.13. The Morgan fingerprint density at radius 3 is 2.92 bits per heavy atom. The van der Waals surface area contributed by atoms with Gasteiger partial charge in [-0.25, -0.2) is 0 Å². The number of ether oxygens (including phenoxy) is 2. The van der Waals surface area contributed by atoms with E-state index in [4.69, 9.17) is 9.47 Å². The van der Waals surface area contributed by atoms with Gasteiger partial charge in [-0.2, -0.15) is 0 Å². The van der Waals surface area contributed by atoms with E-state index in [2.05, 4.69) is 11.9 Å². The normalized spacial score (nSPS) is 16.5. The van der Waals surface area contributed by atoms with Gasteiger partial charge in [-0.15, -0.1) is 0 Å². The van der Waals surface area contributed by atoms with Gasteiger partial charge < -0.3 is 19.6 Å². The summed E-state index contributed by atoms with van der Waals surface area (Å²) in [6.45, 7) is 2.24. The summed E-state index contributed by atoms with van der Waals surface area (Å²) < 4.78 is 10.7. The smallest absolute Gasteiger partial charge is 0.259 e. The van der Waals surface area contributed by atoms with Crippen LogP contribution in [0.2, 0.25) is 0 Å². The van der Waals surface area contributed by atoms with Crippen molar-refractivity contribution in [3.05, 3.63) is 39.3 Å². The van der Waals surface area contributed by atoms with Crippen molar-refractivity contribution in [3.63, 3.8) is 0 Å².